The Morgan fingerprint density at radius 1 is 1.15 bits per heavy atom. The Hall–Kier alpha value is -2.45. The number of benzene rings is 1. The van der Waals surface area contributed by atoms with Crippen LogP contribution in [0, 0.1) is 11.6 Å². The van der Waals surface area contributed by atoms with Crippen LogP contribution in [0.3, 0.4) is 0 Å². The Kier molecular flexibility index (Phi) is 3.43. The van der Waals surface area contributed by atoms with E-state index in [1.165, 1.54) is 0 Å². The molecule has 0 fully saturated rings. The first-order chi connectivity index (χ1) is 9.29. The molecule has 2 aromatic rings. The van der Waals surface area contributed by atoms with Crippen LogP contribution in [0.25, 0.3) is 0 Å². The van der Waals surface area contributed by atoms with Crippen molar-refractivity contribution >= 4 is 11.9 Å². The van der Waals surface area contributed by atoms with E-state index in [1.807, 2.05) is 0 Å². The lowest BCUT2D eigenvalue weighted by atomic mass is 10.2. The molecule has 0 saturated heterocycles. The number of halogens is 5. The molecule has 0 atom stereocenters. The van der Waals surface area contributed by atoms with Gasteiger partial charge in [0, 0.05) is 12.3 Å². The van der Waals surface area contributed by atoms with Gasteiger partial charge in [0.2, 0.25) is 0 Å². The number of rotatable bonds is 2. The van der Waals surface area contributed by atoms with Crippen LogP contribution in [-0.2, 0) is 6.18 Å². The Morgan fingerprint density at radius 3 is 2.45 bits per heavy atom. The van der Waals surface area contributed by atoms with E-state index in [1.54, 1.807) is 10.2 Å². The first kappa shape index (κ1) is 14.0. The highest BCUT2D eigenvalue weighted by atomic mass is 19.4. The van der Waals surface area contributed by atoms with Gasteiger partial charge in [-0.2, -0.15) is 13.2 Å². The van der Waals surface area contributed by atoms with Gasteiger partial charge in [-0.05, 0) is 12.1 Å². The lowest BCUT2D eigenvalue weighted by Crippen LogP contribution is -2.12. The van der Waals surface area contributed by atoms with Crippen LogP contribution >= 0.6 is 0 Å². The van der Waals surface area contributed by atoms with Gasteiger partial charge in [0.15, 0.2) is 11.5 Å². The molecule has 4 nitrogen and oxygen atoms in total. The minimum Gasteiger partial charge on any atom is -0.293 e. The second kappa shape index (κ2) is 4.91. The molecule has 106 valence electrons. The maximum Gasteiger partial charge on any atom is 0.433 e. The van der Waals surface area contributed by atoms with E-state index in [0.29, 0.717) is 12.3 Å². The Morgan fingerprint density at radius 2 is 1.85 bits per heavy atom. The van der Waals surface area contributed by atoms with Crippen LogP contribution < -0.4 is 5.56 Å². The van der Waals surface area contributed by atoms with Crippen molar-refractivity contribution in [3.8, 4) is 0 Å². The largest absolute Gasteiger partial charge is 0.433 e. The molecule has 2 rings (SSSR count). The number of aromatic amines is 2. The van der Waals surface area contributed by atoms with Gasteiger partial charge in [-0.3, -0.25) is 20.0 Å². The lowest BCUT2D eigenvalue weighted by molar-refractivity contribution is -0.141. The van der Waals surface area contributed by atoms with E-state index < -0.39 is 34.6 Å². The highest BCUT2D eigenvalue weighted by Gasteiger charge is 2.36. The van der Waals surface area contributed by atoms with E-state index in [4.69, 9.17) is 0 Å². The summed E-state index contributed by atoms with van der Waals surface area (Å²) in [6.07, 6.45) is -4.23. The fraction of sp³-hybridized carbons (Fsp3) is 0.0909. The van der Waals surface area contributed by atoms with Crippen LogP contribution in [0.5, 0.6) is 0 Å². The number of aliphatic imine (C=N–C) groups is 1. The zero-order valence-electron chi connectivity index (χ0n) is 9.55. The third kappa shape index (κ3) is 2.76. The van der Waals surface area contributed by atoms with Gasteiger partial charge in [-0.1, -0.05) is 0 Å². The Bertz CT molecular complexity index is 714. The highest BCUT2D eigenvalue weighted by Crippen LogP contribution is 2.28. The quantitative estimate of drug-likeness (QED) is 0.648. The minimum atomic E-state index is -4.79. The van der Waals surface area contributed by atoms with Crippen molar-refractivity contribution in [2.24, 2.45) is 4.99 Å². The number of hydrogen-bond acceptors (Lipinski definition) is 2. The summed E-state index contributed by atoms with van der Waals surface area (Å²) in [5.41, 5.74) is -3.56. The van der Waals surface area contributed by atoms with Gasteiger partial charge in [0.1, 0.15) is 5.82 Å². The first-order valence-corrected chi connectivity index (χ1v) is 5.16. The summed E-state index contributed by atoms with van der Waals surface area (Å²) in [4.78, 5) is 14.6. The molecule has 0 aliphatic carbocycles. The third-order valence-corrected chi connectivity index (χ3v) is 2.34. The van der Waals surface area contributed by atoms with Crippen molar-refractivity contribution in [1.82, 2.24) is 10.2 Å². The third-order valence-electron chi connectivity index (χ3n) is 2.34. The number of nitrogens with one attached hydrogen (secondary N) is 2. The number of hydrogen-bond donors (Lipinski definition) is 2. The average Bonchev–Trinajstić information content (AvgIpc) is 2.69. The summed E-state index contributed by atoms with van der Waals surface area (Å²) < 4.78 is 63.5. The fourth-order valence-corrected chi connectivity index (χ4v) is 1.43. The number of H-pyrrole nitrogens is 2. The molecule has 0 aliphatic rings. The Balaban J connectivity index is 2.42. The zero-order chi connectivity index (χ0) is 14.9. The second-order valence-electron chi connectivity index (χ2n) is 3.72. The van der Waals surface area contributed by atoms with E-state index in [2.05, 4.69) is 4.99 Å². The van der Waals surface area contributed by atoms with Crippen LogP contribution in [0.4, 0.5) is 27.6 Å². The summed E-state index contributed by atoms with van der Waals surface area (Å²) in [5.74, 6) is -1.90. The molecule has 9 heteroatoms. The molecule has 0 aliphatic heterocycles. The standard InChI is InChI=1S/C11H6F5N3O/c12-5-1-2-8(7(13)3-5)17-4-6-9(11(14,15)16)18-19-10(6)20/h1-4H,(H2,18,19,20). The predicted molar refractivity (Wildman–Crippen MR) is 60.0 cm³/mol. The van der Waals surface area contributed by atoms with Crippen molar-refractivity contribution in [2.45, 2.75) is 6.18 Å². The lowest BCUT2D eigenvalue weighted by Gasteiger charge is -2.03. The molecule has 1 heterocycles. The fourth-order valence-electron chi connectivity index (χ4n) is 1.43. The molecular formula is C11H6F5N3O. The van der Waals surface area contributed by atoms with Crippen LogP contribution in [0.15, 0.2) is 28.0 Å². The number of aromatic nitrogens is 2. The van der Waals surface area contributed by atoms with Gasteiger partial charge in [-0.15, -0.1) is 0 Å². The summed E-state index contributed by atoms with van der Waals surface area (Å²) in [7, 11) is 0. The summed E-state index contributed by atoms with van der Waals surface area (Å²) in [5, 5.41) is 3.42. The van der Waals surface area contributed by atoms with Crippen molar-refractivity contribution < 1.29 is 22.0 Å². The van der Waals surface area contributed by atoms with Gasteiger partial charge in [0.25, 0.3) is 5.56 Å². The van der Waals surface area contributed by atoms with Crippen LogP contribution in [-0.4, -0.2) is 16.4 Å². The topological polar surface area (TPSA) is 61.0 Å². The molecule has 0 bridgehead atoms. The number of alkyl halides is 3. The predicted octanol–water partition coefficient (Wildman–Crippen LogP) is 2.75. The average molecular weight is 291 g/mol. The molecular weight excluding hydrogens is 285 g/mol. The molecule has 20 heavy (non-hydrogen) atoms. The number of nitrogens with zero attached hydrogens (tertiary/aromatic N) is 1. The van der Waals surface area contributed by atoms with E-state index in [9.17, 15) is 26.7 Å². The van der Waals surface area contributed by atoms with E-state index >= 15 is 0 Å². The molecule has 0 unspecified atom stereocenters. The van der Waals surface area contributed by atoms with Crippen molar-refractivity contribution in [2.75, 3.05) is 0 Å². The summed E-state index contributed by atoms with van der Waals surface area (Å²) in [6.45, 7) is 0. The van der Waals surface area contributed by atoms with Gasteiger partial charge in [0.05, 0.1) is 11.3 Å². The van der Waals surface area contributed by atoms with Gasteiger partial charge < -0.3 is 0 Å². The first-order valence-electron chi connectivity index (χ1n) is 5.16. The maximum atomic E-state index is 13.2. The van der Waals surface area contributed by atoms with Gasteiger partial charge in [-0.25, -0.2) is 8.78 Å². The highest BCUT2D eigenvalue weighted by molar-refractivity contribution is 5.83. The van der Waals surface area contributed by atoms with Crippen molar-refractivity contribution in [3.05, 3.63) is 51.4 Å². The van der Waals surface area contributed by atoms with Gasteiger partial charge >= 0.3 is 6.18 Å². The van der Waals surface area contributed by atoms with Crippen LogP contribution in [0.1, 0.15) is 11.3 Å². The van der Waals surface area contributed by atoms with E-state index in [-0.39, 0.29) is 5.69 Å². The maximum absolute atomic E-state index is 13.2. The summed E-state index contributed by atoms with van der Waals surface area (Å²) >= 11 is 0. The van der Waals surface area contributed by atoms with Crippen LogP contribution in [0.2, 0.25) is 0 Å². The SMILES string of the molecule is O=c1[nH][nH]c(C(F)(F)F)c1C=Nc1ccc(F)cc1F. The molecule has 2 N–H and O–H groups in total. The smallest absolute Gasteiger partial charge is 0.293 e. The molecule has 1 aromatic heterocycles. The van der Waals surface area contributed by atoms with E-state index in [0.717, 1.165) is 12.1 Å². The monoisotopic (exact) mass is 291 g/mol. The van der Waals surface area contributed by atoms with Crippen molar-refractivity contribution in [3.63, 3.8) is 0 Å². The minimum absolute atomic E-state index is 0.389. The molecule has 0 radical (unpaired) electrons. The molecule has 1 aromatic carbocycles. The molecule has 0 amide bonds. The normalized spacial score (nSPS) is 12.2. The molecule has 0 spiro atoms. The summed E-state index contributed by atoms with van der Waals surface area (Å²) in [6, 6.07) is 2.36. The second-order valence-corrected chi connectivity index (χ2v) is 3.72. The Labute approximate surface area is 108 Å². The van der Waals surface area contributed by atoms with Crippen molar-refractivity contribution in [1.29, 1.82) is 0 Å². The molecule has 0 saturated carbocycles. The zero-order valence-corrected chi connectivity index (χ0v) is 9.55.